The Morgan fingerprint density at radius 3 is 2.27 bits per heavy atom. The molecule has 4 heteroatoms. The van der Waals surface area contributed by atoms with Gasteiger partial charge in [0.1, 0.15) is 5.82 Å². The number of benzene rings is 1. The monoisotopic (exact) mass is 263 g/mol. The predicted octanol–water partition coefficient (Wildman–Crippen LogP) is 2.68. The lowest BCUT2D eigenvalue weighted by atomic mass is 10.1. The largest absolute Gasteiger partial charge is 0.396 e. The van der Waals surface area contributed by atoms with Crippen LogP contribution in [0.5, 0.6) is 0 Å². The van der Waals surface area contributed by atoms with Gasteiger partial charge >= 0.3 is 0 Å². The summed E-state index contributed by atoms with van der Waals surface area (Å²) in [7, 11) is 0. The minimum atomic E-state index is 0.371. The van der Waals surface area contributed by atoms with Crippen molar-refractivity contribution < 1.29 is 0 Å². The van der Waals surface area contributed by atoms with E-state index < -0.39 is 0 Å². The van der Waals surface area contributed by atoms with E-state index in [-0.39, 0.29) is 0 Å². The van der Waals surface area contributed by atoms with Crippen molar-refractivity contribution in [2.24, 2.45) is 0 Å². The Morgan fingerprint density at radius 2 is 1.67 bits per heavy atom. The highest BCUT2D eigenvalue weighted by Gasteiger charge is 2.01. The quantitative estimate of drug-likeness (QED) is 0.832. The van der Waals surface area contributed by atoms with Crippen molar-refractivity contribution in [1.82, 2.24) is 4.98 Å². The van der Waals surface area contributed by atoms with Crippen molar-refractivity contribution in [3.05, 3.63) is 41.0 Å². The van der Waals surface area contributed by atoms with E-state index in [9.17, 15) is 0 Å². The average molecular weight is 264 g/mol. The standard InChI is InChI=1S/C11H10BrN3/c12-9-3-1-7(2-4-9)8-5-10(13)11(14)15-6-8/h1-6H,13H2,(H2,14,15). The highest BCUT2D eigenvalue weighted by Crippen LogP contribution is 2.24. The summed E-state index contributed by atoms with van der Waals surface area (Å²) in [5.41, 5.74) is 13.8. The lowest BCUT2D eigenvalue weighted by Crippen LogP contribution is -1.97. The predicted molar refractivity (Wildman–Crippen MR) is 66.2 cm³/mol. The fraction of sp³-hybridized carbons (Fsp3) is 0. The van der Waals surface area contributed by atoms with E-state index in [1.807, 2.05) is 30.3 Å². The summed E-state index contributed by atoms with van der Waals surface area (Å²) in [6.07, 6.45) is 1.72. The molecule has 15 heavy (non-hydrogen) atoms. The minimum Gasteiger partial charge on any atom is -0.396 e. The van der Waals surface area contributed by atoms with E-state index in [4.69, 9.17) is 11.5 Å². The van der Waals surface area contributed by atoms with Crippen molar-refractivity contribution in [3.63, 3.8) is 0 Å². The number of halogens is 1. The van der Waals surface area contributed by atoms with Gasteiger partial charge in [0, 0.05) is 16.2 Å². The number of nitrogens with zero attached hydrogens (tertiary/aromatic N) is 1. The third-order valence-corrected chi connectivity index (χ3v) is 2.66. The molecule has 0 saturated carbocycles. The number of pyridine rings is 1. The zero-order valence-corrected chi connectivity index (χ0v) is 9.53. The van der Waals surface area contributed by atoms with Gasteiger partial charge in [-0.15, -0.1) is 0 Å². The molecule has 0 unspecified atom stereocenters. The third kappa shape index (κ3) is 2.10. The van der Waals surface area contributed by atoms with Crippen molar-refractivity contribution in [3.8, 4) is 11.1 Å². The van der Waals surface area contributed by atoms with Crippen LogP contribution in [0.3, 0.4) is 0 Å². The molecule has 76 valence electrons. The topological polar surface area (TPSA) is 64.9 Å². The third-order valence-electron chi connectivity index (χ3n) is 2.13. The van der Waals surface area contributed by atoms with E-state index in [2.05, 4.69) is 20.9 Å². The van der Waals surface area contributed by atoms with E-state index in [0.717, 1.165) is 15.6 Å². The fourth-order valence-electron chi connectivity index (χ4n) is 1.29. The Bertz CT molecular complexity index is 480. The number of nitrogen functional groups attached to an aromatic ring is 2. The molecule has 0 radical (unpaired) electrons. The summed E-state index contributed by atoms with van der Waals surface area (Å²) >= 11 is 3.38. The number of hydrogen-bond acceptors (Lipinski definition) is 3. The molecule has 1 heterocycles. The van der Waals surface area contributed by atoms with Gasteiger partial charge in [0.25, 0.3) is 0 Å². The molecule has 0 bridgehead atoms. The molecule has 0 aliphatic carbocycles. The van der Waals surface area contributed by atoms with Crippen LogP contribution in [0, 0.1) is 0 Å². The van der Waals surface area contributed by atoms with Gasteiger partial charge in [-0.3, -0.25) is 0 Å². The molecule has 0 atom stereocenters. The molecule has 2 aromatic rings. The van der Waals surface area contributed by atoms with Crippen LogP contribution in [0.1, 0.15) is 0 Å². The normalized spacial score (nSPS) is 10.2. The first-order valence-corrected chi connectivity index (χ1v) is 5.23. The first kappa shape index (κ1) is 9.98. The van der Waals surface area contributed by atoms with Crippen molar-refractivity contribution in [1.29, 1.82) is 0 Å². The molecule has 1 aromatic carbocycles. The van der Waals surface area contributed by atoms with Gasteiger partial charge in [-0.05, 0) is 23.8 Å². The SMILES string of the molecule is Nc1cc(-c2ccc(Br)cc2)cnc1N. The van der Waals surface area contributed by atoms with Crippen LogP contribution in [0.4, 0.5) is 11.5 Å². The summed E-state index contributed by atoms with van der Waals surface area (Å²) in [6.45, 7) is 0. The second-order valence-corrected chi connectivity index (χ2v) is 4.12. The Balaban J connectivity index is 2.45. The highest BCUT2D eigenvalue weighted by molar-refractivity contribution is 9.10. The van der Waals surface area contributed by atoms with Gasteiger partial charge in [-0.25, -0.2) is 4.98 Å². The maximum absolute atomic E-state index is 5.69. The van der Waals surface area contributed by atoms with E-state index >= 15 is 0 Å². The zero-order valence-electron chi connectivity index (χ0n) is 7.94. The lowest BCUT2D eigenvalue weighted by Gasteiger charge is -2.04. The second kappa shape index (κ2) is 3.90. The van der Waals surface area contributed by atoms with Crippen LogP contribution in [-0.2, 0) is 0 Å². The molecule has 0 saturated heterocycles. The first-order valence-electron chi connectivity index (χ1n) is 4.44. The Kier molecular flexibility index (Phi) is 2.60. The summed E-state index contributed by atoms with van der Waals surface area (Å²) in [6, 6.07) is 9.77. The average Bonchev–Trinajstić information content (AvgIpc) is 2.23. The minimum absolute atomic E-state index is 0.371. The van der Waals surface area contributed by atoms with Gasteiger partial charge in [0.15, 0.2) is 0 Å². The molecule has 1 aromatic heterocycles. The van der Waals surface area contributed by atoms with Crippen LogP contribution in [0.25, 0.3) is 11.1 Å². The van der Waals surface area contributed by atoms with Crippen molar-refractivity contribution >= 4 is 27.4 Å². The zero-order chi connectivity index (χ0) is 10.8. The maximum Gasteiger partial charge on any atom is 0.146 e. The smallest absolute Gasteiger partial charge is 0.146 e. The van der Waals surface area contributed by atoms with Crippen LogP contribution in [0.2, 0.25) is 0 Å². The van der Waals surface area contributed by atoms with Gasteiger partial charge in [-0.2, -0.15) is 0 Å². The lowest BCUT2D eigenvalue weighted by molar-refractivity contribution is 1.34. The first-order chi connectivity index (χ1) is 7.16. The van der Waals surface area contributed by atoms with Crippen molar-refractivity contribution in [2.45, 2.75) is 0 Å². The Hall–Kier alpha value is -1.55. The van der Waals surface area contributed by atoms with Crippen LogP contribution in [0.15, 0.2) is 41.0 Å². The van der Waals surface area contributed by atoms with Crippen LogP contribution < -0.4 is 11.5 Å². The highest BCUT2D eigenvalue weighted by atomic mass is 79.9. The molecule has 0 fully saturated rings. The summed E-state index contributed by atoms with van der Waals surface area (Å²) in [5.74, 6) is 0.371. The summed E-state index contributed by atoms with van der Waals surface area (Å²) < 4.78 is 1.04. The van der Waals surface area contributed by atoms with Crippen molar-refractivity contribution in [2.75, 3.05) is 11.5 Å². The second-order valence-electron chi connectivity index (χ2n) is 3.21. The molecular formula is C11H10BrN3. The van der Waals surface area contributed by atoms with Gasteiger partial charge in [0.2, 0.25) is 0 Å². The summed E-state index contributed by atoms with van der Waals surface area (Å²) in [4.78, 5) is 4.02. The summed E-state index contributed by atoms with van der Waals surface area (Å²) in [5, 5.41) is 0. The van der Waals surface area contributed by atoms with Gasteiger partial charge in [-0.1, -0.05) is 28.1 Å². The van der Waals surface area contributed by atoms with Gasteiger partial charge < -0.3 is 11.5 Å². The number of aromatic nitrogens is 1. The Labute approximate surface area is 96.3 Å². The number of rotatable bonds is 1. The van der Waals surface area contributed by atoms with Crippen LogP contribution >= 0.6 is 15.9 Å². The van der Waals surface area contributed by atoms with Gasteiger partial charge in [0.05, 0.1) is 5.69 Å². The number of nitrogens with two attached hydrogens (primary N) is 2. The maximum atomic E-state index is 5.69. The fourth-order valence-corrected chi connectivity index (χ4v) is 1.56. The molecule has 0 spiro atoms. The van der Waals surface area contributed by atoms with E-state index in [0.29, 0.717) is 11.5 Å². The van der Waals surface area contributed by atoms with E-state index in [1.165, 1.54) is 0 Å². The molecule has 4 N–H and O–H groups in total. The molecule has 0 aliphatic rings. The molecule has 3 nitrogen and oxygen atoms in total. The molecule has 2 rings (SSSR count). The Morgan fingerprint density at radius 1 is 1.00 bits per heavy atom. The van der Waals surface area contributed by atoms with E-state index in [1.54, 1.807) is 6.20 Å². The molecular weight excluding hydrogens is 254 g/mol. The van der Waals surface area contributed by atoms with Crippen LogP contribution in [-0.4, -0.2) is 4.98 Å². The number of hydrogen-bond donors (Lipinski definition) is 2. The molecule has 0 aliphatic heterocycles. The molecule has 0 amide bonds. The number of anilines is 2.